The zero-order valence-electron chi connectivity index (χ0n) is 26.5. The first-order valence-corrected chi connectivity index (χ1v) is 17.4. The van der Waals surface area contributed by atoms with Crippen LogP contribution in [0.5, 0.6) is 5.75 Å². The third kappa shape index (κ3) is 26.0. The van der Waals surface area contributed by atoms with Crippen LogP contribution in [0.1, 0.15) is 117 Å². The van der Waals surface area contributed by atoms with Crippen molar-refractivity contribution in [1.29, 1.82) is 0 Å². The maximum absolute atomic E-state index is 11.0. The predicted molar refractivity (Wildman–Crippen MR) is 166 cm³/mol. The summed E-state index contributed by atoms with van der Waals surface area (Å²) in [5.41, 5.74) is 0. The number of benzene rings is 1. The second kappa shape index (κ2) is 25.7. The quantitative estimate of drug-likeness (QED) is 0.0711. The molecule has 0 saturated heterocycles. The first kappa shape index (κ1) is 39.0. The summed E-state index contributed by atoms with van der Waals surface area (Å²) in [6.45, 7) is 8.90. The van der Waals surface area contributed by atoms with Gasteiger partial charge in [0.2, 0.25) is 0 Å². The molecule has 0 aliphatic carbocycles. The van der Waals surface area contributed by atoms with Crippen LogP contribution in [0.25, 0.3) is 0 Å². The number of ether oxygens (including phenoxy) is 1. The van der Waals surface area contributed by atoms with Crippen LogP contribution in [-0.2, 0) is 13.6 Å². The summed E-state index contributed by atoms with van der Waals surface area (Å²) in [5.74, 6) is 0.826. The Labute approximate surface area is 246 Å². The highest BCUT2D eigenvalue weighted by atomic mass is 31.2. The van der Waals surface area contributed by atoms with Gasteiger partial charge >= 0.3 is 0 Å². The van der Waals surface area contributed by atoms with Crippen molar-refractivity contribution < 1.29 is 32.8 Å². The SMILES string of the molecule is CCCCCCCCCCCCC[N+](C)(C)CC(O)COc1ccccc1.CCCCOP(=O)([O-])OCCCC. The minimum Gasteiger partial charge on any atom is -0.756 e. The molecule has 1 aromatic carbocycles. The topological polar surface area (TPSA) is 88.0 Å². The lowest BCUT2D eigenvalue weighted by atomic mass is 10.1. The van der Waals surface area contributed by atoms with Crippen LogP contribution in [0, 0.1) is 0 Å². The van der Waals surface area contributed by atoms with Crippen molar-refractivity contribution in [3.8, 4) is 5.75 Å². The average molecular weight is 588 g/mol. The molecule has 0 amide bonds. The predicted octanol–water partition coefficient (Wildman–Crippen LogP) is 7.90. The van der Waals surface area contributed by atoms with E-state index >= 15 is 0 Å². The van der Waals surface area contributed by atoms with Crippen molar-refractivity contribution in [2.75, 3.05) is 47.0 Å². The van der Waals surface area contributed by atoms with Gasteiger partial charge in [0.1, 0.15) is 25.0 Å². The summed E-state index contributed by atoms with van der Waals surface area (Å²) in [5, 5.41) is 10.3. The Kier molecular flexibility index (Phi) is 25.1. The van der Waals surface area contributed by atoms with Gasteiger partial charge in [0, 0.05) is 0 Å². The molecule has 0 radical (unpaired) electrons. The van der Waals surface area contributed by atoms with Crippen LogP contribution in [0.15, 0.2) is 30.3 Å². The molecule has 0 aromatic heterocycles. The molecule has 0 aliphatic heterocycles. The van der Waals surface area contributed by atoms with Crippen molar-refractivity contribution >= 4 is 7.82 Å². The summed E-state index contributed by atoms with van der Waals surface area (Å²) in [6, 6.07) is 9.73. The third-order valence-electron chi connectivity index (χ3n) is 6.75. The van der Waals surface area contributed by atoms with E-state index in [0.29, 0.717) is 6.61 Å². The molecule has 0 spiro atoms. The van der Waals surface area contributed by atoms with E-state index in [9.17, 15) is 14.6 Å². The molecule has 1 rings (SSSR count). The Hall–Kier alpha value is -0.950. The van der Waals surface area contributed by atoms with E-state index in [-0.39, 0.29) is 13.2 Å². The molecular weight excluding hydrogens is 525 g/mol. The van der Waals surface area contributed by atoms with Crippen molar-refractivity contribution in [1.82, 2.24) is 0 Å². The number of likely N-dealkylation sites (N-methyl/N-ethyl adjacent to an activating group) is 1. The standard InChI is InChI=1S/C24H44NO2.C8H19O4P/c1-4-5-6-7-8-9-10-11-12-13-17-20-25(2,3)21-23(26)22-27-24-18-15-14-16-19-24;1-3-5-7-11-13(9,10)12-8-6-4-2/h14-16,18-19,23,26H,4-13,17,20-22H2,1-3H3;3-8H2,1-2H3,(H,9,10)/q+1;/p-1. The van der Waals surface area contributed by atoms with Gasteiger partial charge in [-0.15, -0.1) is 0 Å². The van der Waals surface area contributed by atoms with Gasteiger partial charge in [-0.1, -0.05) is 110 Å². The van der Waals surface area contributed by atoms with Crippen molar-refractivity contribution in [2.24, 2.45) is 0 Å². The molecule has 1 unspecified atom stereocenters. The molecule has 1 N–H and O–H groups in total. The second-order valence-electron chi connectivity index (χ2n) is 11.5. The average Bonchev–Trinajstić information content (AvgIpc) is 2.91. The Morgan fingerprint density at radius 1 is 0.750 bits per heavy atom. The maximum Gasteiger partial charge on any atom is 0.267 e. The molecule has 7 nitrogen and oxygen atoms in total. The van der Waals surface area contributed by atoms with Crippen LogP contribution in [0.4, 0.5) is 0 Å². The molecule has 40 heavy (non-hydrogen) atoms. The number of rotatable bonds is 25. The number of quaternary nitrogens is 1. The number of unbranched alkanes of at least 4 members (excludes halogenated alkanes) is 12. The molecule has 0 fully saturated rings. The van der Waals surface area contributed by atoms with Crippen molar-refractivity contribution in [2.45, 2.75) is 123 Å². The minimum absolute atomic E-state index is 0.226. The fourth-order valence-corrected chi connectivity index (χ4v) is 5.09. The van der Waals surface area contributed by atoms with E-state index in [1.165, 1.54) is 70.6 Å². The normalized spacial score (nSPS) is 12.6. The summed E-state index contributed by atoms with van der Waals surface area (Å²) >= 11 is 0. The van der Waals surface area contributed by atoms with Gasteiger partial charge in [-0.25, -0.2) is 0 Å². The highest BCUT2D eigenvalue weighted by molar-refractivity contribution is 7.45. The van der Waals surface area contributed by atoms with E-state index in [4.69, 9.17) is 4.74 Å². The summed E-state index contributed by atoms with van der Waals surface area (Å²) < 4.78 is 26.7. The number of nitrogens with zero attached hydrogens (tertiary/aromatic N) is 1. The molecule has 236 valence electrons. The van der Waals surface area contributed by atoms with E-state index in [1.54, 1.807) is 0 Å². The molecule has 0 aliphatic rings. The zero-order chi connectivity index (χ0) is 30.0. The summed E-state index contributed by atoms with van der Waals surface area (Å²) in [6.07, 6.45) is 18.0. The first-order chi connectivity index (χ1) is 19.2. The molecular formula is C32H62NO6P. The van der Waals surface area contributed by atoms with Gasteiger partial charge in [0.05, 0.1) is 33.9 Å². The minimum atomic E-state index is -4.00. The molecule has 0 heterocycles. The monoisotopic (exact) mass is 587 g/mol. The number of para-hydroxylation sites is 1. The lowest BCUT2D eigenvalue weighted by Crippen LogP contribution is -2.47. The largest absolute Gasteiger partial charge is 0.756 e. The second-order valence-corrected chi connectivity index (χ2v) is 12.9. The Morgan fingerprint density at radius 2 is 1.20 bits per heavy atom. The fraction of sp³-hybridized carbons (Fsp3) is 0.812. The van der Waals surface area contributed by atoms with Crippen molar-refractivity contribution in [3.05, 3.63) is 30.3 Å². The third-order valence-corrected chi connectivity index (χ3v) is 7.75. The van der Waals surface area contributed by atoms with Crippen LogP contribution in [0.3, 0.4) is 0 Å². The number of phosphoric acid groups is 1. The number of phosphoric ester groups is 1. The first-order valence-electron chi connectivity index (χ1n) is 15.9. The van der Waals surface area contributed by atoms with Crippen LogP contribution in [-0.4, -0.2) is 62.7 Å². The van der Waals surface area contributed by atoms with Gasteiger partial charge in [-0.3, -0.25) is 4.57 Å². The highest BCUT2D eigenvalue weighted by Gasteiger charge is 2.20. The van der Waals surface area contributed by atoms with E-state index in [1.807, 2.05) is 44.2 Å². The summed E-state index contributed by atoms with van der Waals surface area (Å²) in [4.78, 5) is 11.0. The van der Waals surface area contributed by atoms with E-state index in [2.05, 4.69) is 30.1 Å². The maximum atomic E-state index is 11.0. The molecule has 1 aromatic rings. The van der Waals surface area contributed by atoms with Gasteiger partial charge in [-0.05, 0) is 37.8 Å². The van der Waals surface area contributed by atoms with Crippen LogP contribution >= 0.6 is 7.82 Å². The lowest BCUT2D eigenvalue weighted by molar-refractivity contribution is -0.893. The number of aliphatic hydroxyl groups excluding tert-OH is 1. The van der Waals surface area contributed by atoms with Gasteiger partial charge in [-0.2, -0.15) is 0 Å². The molecule has 0 bridgehead atoms. The molecule has 1 atom stereocenters. The number of hydrogen-bond acceptors (Lipinski definition) is 6. The Morgan fingerprint density at radius 3 is 1.68 bits per heavy atom. The smallest absolute Gasteiger partial charge is 0.267 e. The number of hydrogen-bond donors (Lipinski definition) is 1. The van der Waals surface area contributed by atoms with Crippen molar-refractivity contribution in [3.63, 3.8) is 0 Å². The fourth-order valence-electron chi connectivity index (χ4n) is 4.31. The van der Waals surface area contributed by atoms with E-state index in [0.717, 1.165) is 49.0 Å². The van der Waals surface area contributed by atoms with Gasteiger partial charge in [0.15, 0.2) is 0 Å². The summed E-state index contributed by atoms with van der Waals surface area (Å²) in [7, 11) is 0.419. The van der Waals surface area contributed by atoms with Crippen LogP contribution in [0.2, 0.25) is 0 Å². The lowest BCUT2D eigenvalue weighted by Gasteiger charge is -2.31. The Bertz CT molecular complexity index is 705. The Balaban J connectivity index is 0.000000983. The molecule has 8 heteroatoms. The zero-order valence-corrected chi connectivity index (χ0v) is 27.4. The van der Waals surface area contributed by atoms with Gasteiger partial charge < -0.3 is 28.3 Å². The van der Waals surface area contributed by atoms with Crippen LogP contribution < -0.4 is 9.63 Å². The highest BCUT2D eigenvalue weighted by Crippen LogP contribution is 2.38. The molecule has 0 saturated carbocycles. The van der Waals surface area contributed by atoms with Gasteiger partial charge in [0.25, 0.3) is 7.82 Å². The number of aliphatic hydroxyl groups is 1. The van der Waals surface area contributed by atoms with E-state index < -0.39 is 13.9 Å².